The second-order valence-corrected chi connectivity index (χ2v) is 4.20. The minimum absolute atomic E-state index is 0.00731. The van der Waals surface area contributed by atoms with Crippen LogP contribution in [-0.2, 0) is 9.59 Å². The van der Waals surface area contributed by atoms with Crippen molar-refractivity contribution < 1.29 is 9.59 Å². The molecule has 0 aromatic rings. The van der Waals surface area contributed by atoms with E-state index < -0.39 is 0 Å². The summed E-state index contributed by atoms with van der Waals surface area (Å²) in [4.78, 5) is 24.5. The molecule has 0 aromatic carbocycles. The van der Waals surface area contributed by atoms with Crippen molar-refractivity contribution in [3.63, 3.8) is 0 Å². The average Bonchev–Trinajstić information content (AvgIpc) is 2.47. The van der Waals surface area contributed by atoms with Crippen LogP contribution in [0, 0.1) is 0 Å². The van der Waals surface area contributed by atoms with E-state index in [1.807, 2.05) is 13.8 Å². The van der Waals surface area contributed by atoms with Crippen molar-refractivity contribution in [2.75, 3.05) is 20.1 Å². The molecule has 86 valence electrons. The molecule has 1 rings (SSSR count). The van der Waals surface area contributed by atoms with Gasteiger partial charge in [0, 0.05) is 19.6 Å². The molecule has 2 amide bonds. The first-order valence-corrected chi connectivity index (χ1v) is 5.28. The van der Waals surface area contributed by atoms with Crippen molar-refractivity contribution in [3.05, 3.63) is 0 Å². The summed E-state index contributed by atoms with van der Waals surface area (Å²) in [6, 6.07) is -0.0471. The molecule has 5 nitrogen and oxygen atoms in total. The van der Waals surface area contributed by atoms with Crippen molar-refractivity contribution in [2.45, 2.75) is 32.4 Å². The number of rotatable bonds is 4. The van der Waals surface area contributed by atoms with Crippen LogP contribution in [0.25, 0.3) is 0 Å². The molecular weight excluding hydrogens is 194 g/mol. The quantitative estimate of drug-likeness (QED) is 0.651. The molecule has 1 heterocycles. The molecule has 0 aliphatic carbocycles. The molecule has 1 atom stereocenters. The normalized spacial score (nSPS) is 21.2. The number of carbonyl (C=O) groups is 2. The summed E-state index contributed by atoms with van der Waals surface area (Å²) in [5.41, 5.74) is 0. The number of carbonyl (C=O) groups excluding carboxylic acids is 2. The Morgan fingerprint density at radius 2 is 2.27 bits per heavy atom. The first kappa shape index (κ1) is 12.0. The second-order valence-electron chi connectivity index (χ2n) is 4.20. The van der Waals surface area contributed by atoms with E-state index in [1.165, 1.54) is 0 Å². The molecule has 5 heteroatoms. The third kappa shape index (κ3) is 3.51. The molecule has 1 unspecified atom stereocenters. The molecule has 0 radical (unpaired) electrons. The minimum atomic E-state index is -0.323. The van der Waals surface area contributed by atoms with E-state index in [0.29, 0.717) is 6.42 Å². The monoisotopic (exact) mass is 213 g/mol. The number of likely N-dealkylation sites (tertiary alicyclic amines) is 1. The Labute approximate surface area is 90.2 Å². The number of hydrogen-bond donors (Lipinski definition) is 2. The van der Waals surface area contributed by atoms with Crippen molar-refractivity contribution >= 4 is 11.8 Å². The molecule has 1 aliphatic rings. The molecule has 0 aromatic heterocycles. The smallest absolute Gasteiger partial charge is 0.244 e. The van der Waals surface area contributed by atoms with E-state index in [4.69, 9.17) is 0 Å². The Morgan fingerprint density at radius 1 is 1.60 bits per heavy atom. The SMILES string of the molecule is CC(C)NCC(=O)NC1CCN(C)C1=O. The molecule has 1 fully saturated rings. The van der Waals surface area contributed by atoms with Crippen molar-refractivity contribution in [1.82, 2.24) is 15.5 Å². The van der Waals surface area contributed by atoms with E-state index in [0.717, 1.165) is 6.54 Å². The number of nitrogens with one attached hydrogen (secondary N) is 2. The van der Waals surface area contributed by atoms with Crippen molar-refractivity contribution in [2.24, 2.45) is 0 Å². The maximum atomic E-state index is 11.5. The van der Waals surface area contributed by atoms with Crippen LogP contribution in [0.15, 0.2) is 0 Å². The summed E-state index contributed by atoms with van der Waals surface area (Å²) in [6.45, 7) is 4.94. The lowest BCUT2D eigenvalue weighted by atomic mass is 10.2. The van der Waals surface area contributed by atoms with Crippen LogP contribution in [-0.4, -0.2) is 48.9 Å². The van der Waals surface area contributed by atoms with Gasteiger partial charge in [0.15, 0.2) is 0 Å². The third-order valence-electron chi connectivity index (χ3n) is 2.43. The molecule has 0 bridgehead atoms. The number of hydrogen-bond acceptors (Lipinski definition) is 3. The highest BCUT2D eigenvalue weighted by Crippen LogP contribution is 2.07. The lowest BCUT2D eigenvalue weighted by Gasteiger charge is -2.13. The van der Waals surface area contributed by atoms with E-state index in [2.05, 4.69) is 10.6 Å². The summed E-state index contributed by atoms with van der Waals surface area (Å²) in [5, 5.41) is 5.73. The Morgan fingerprint density at radius 3 is 2.73 bits per heavy atom. The van der Waals surface area contributed by atoms with E-state index >= 15 is 0 Å². The van der Waals surface area contributed by atoms with E-state index in [9.17, 15) is 9.59 Å². The molecule has 1 aliphatic heterocycles. The van der Waals surface area contributed by atoms with E-state index in [-0.39, 0.29) is 30.4 Å². The molecule has 2 N–H and O–H groups in total. The van der Waals surface area contributed by atoms with Gasteiger partial charge in [0.25, 0.3) is 0 Å². The van der Waals surface area contributed by atoms with E-state index in [1.54, 1.807) is 11.9 Å². The molecular formula is C10H19N3O2. The zero-order valence-electron chi connectivity index (χ0n) is 9.54. The molecule has 0 saturated carbocycles. The fraction of sp³-hybridized carbons (Fsp3) is 0.800. The Bertz CT molecular complexity index is 253. The Balaban J connectivity index is 2.29. The van der Waals surface area contributed by atoms with Crippen LogP contribution in [0.2, 0.25) is 0 Å². The van der Waals surface area contributed by atoms with Gasteiger partial charge in [-0.3, -0.25) is 9.59 Å². The number of nitrogens with zero attached hydrogens (tertiary/aromatic N) is 1. The fourth-order valence-electron chi connectivity index (χ4n) is 1.50. The van der Waals surface area contributed by atoms with Crippen LogP contribution < -0.4 is 10.6 Å². The summed E-state index contributed by atoms with van der Waals surface area (Å²) < 4.78 is 0. The predicted molar refractivity (Wildman–Crippen MR) is 57.3 cm³/mol. The van der Waals surface area contributed by atoms with Gasteiger partial charge < -0.3 is 15.5 Å². The highest BCUT2D eigenvalue weighted by molar-refractivity contribution is 5.89. The van der Waals surface area contributed by atoms with Crippen molar-refractivity contribution in [1.29, 1.82) is 0 Å². The topological polar surface area (TPSA) is 61.4 Å². The van der Waals surface area contributed by atoms with Crippen molar-refractivity contribution in [3.8, 4) is 0 Å². The van der Waals surface area contributed by atoms with Crippen LogP contribution in [0.5, 0.6) is 0 Å². The molecule has 0 spiro atoms. The zero-order chi connectivity index (χ0) is 11.4. The third-order valence-corrected chi connectivity index (χ3v) is 2.43. The van der Waals surface area contributed by atoms with Crippen LogP contribution >= 0.6 is 0 Å². The fourth-order valence-corrected chi connectivity index (χ4v) is 1.50. The number of amides is 2. The largest absolute Gasteiger partial charge is 0.344 e. The van der Waals surface area contributed by atoms with Crippen LogP contribution in [0.3, 0.4) is 0 Å². The summed E-state index contributed by atoms with van der Waals surface area (Å²) in [7, 11) is 1.75. The Hall–Kier alpha value is -1.10. The first-order valence-electron chi connectivity index (χ1n) is 5.28. The van der Waals surface area contributed by atoms with Gasteiger partial charge in [-0.2, -0.15) is 0 Å². The van der Waals surface area contributed by atoms with Gasteiger partial charge in [0.05, 0.1) is 6.54 Å². The zero-order valence-corrected chi connectivity index (χ0v) is 9.54. The van der Waals surface area contributed by atoms with Gasteiger partial charge in [0.2, 0.25) is 11.8 Å². The lowest BCUT2D eigenvalue weighted by Crippen LogP contribution is -2.45. The summed E-state index contributed by atoms with van der Waals surface area (Å²) >= 11 is 0. The standard InChI is InChI=1S/C10H19N3O2/c1-7(2)11-6-9(14)12-8-4-5-13(3)10(8)15/h7-8,11H,4-6H2,1-3H3,(H,12,14). The molecule has 15 heavy (non-hydrogen) atoms. The second kappa shape index (κ2) is 5.11. The molecule has 1 saturated heterocycles. The van der Waals surface area contributed by atoms with Gasteiger partial charge >= 0.3 is 0 Å². The number of likely N-dealkylation sites (N-methyl/N-ethyl adjacent to an activating group) is 1. The van der Waals surface area contributed by atoms with Gasteiger partial charge in [-0.05, 0) is 6.42 Å². The highest BCUT2D eigenvalue weighted by atomic mass is 16.2. The van der Waals surface area contributed by atoms with Crippen LogP contribution in [0.1, 0.15) is 20.3 Å². The highest BCUT2D eigenvalue weighted by Gasteiger charge is 2.29. The summed E-state index contributed by atoms with van der Waals surface area (Å²) in [5.74, 6) is -0.106. The van der Waals surface area contributed by atoms with Gasteiger partial charge in [-0.25, -0.2) is 0 Å². The Kier molecular flexibility index (Phi) is 4.08. The predicted octanol–water partition coefficient (Wildman–Crippen LogP) is -0.669. The average molecular weight is 213 g/mol. The van der Waals surface area contributed by atoms with Gasteiger partial charge in [-0.15, -0.1) is 0 Å². The minimum Gasteiger partial charge on any atom is -0.344 e. The lowest BCUT2D eigenvalue weighted by molar-refractivity contribution is -0.131. The maximum absolute atomic E-state index is 11.5. The van der Waals surface area contributed by atoms with Crippen LogP contribution in [0.4, 0.5) is 0 Å². The van der Waals surface area contributed by atoms with Gasteiger partial charge in [-0.1, -0.05) is 13.8 Å². The first-order chi connectivity index (χ1) is 7.00. The van der Waals surface area contributed by atoms with Gasteiger partial charge in [0.1, 0.15) is 6.04 Å². The summed E-state index contributed by atoms with van der Waals surface area (Å²) in [6.07, 6.45) is 0.711. The maximum Gasteiger partial charge on any atom is 0.244 e.